The van der Waals surface area contributed by atoms with Gasteiger partial charge in [0.2, 0.25) is 12.3 Å². The van der Waals surface area contributed by atoms with Gasteiger partial charge < -0.3 is 25.2 Å². The molecule has 36 heavy (non-hydrogen) atoms. The molecule has 2 unspecified atom stereocenters. The topological polar surface area (TPSA) is 166 Å². The first kappa shape index (κ1) is 29.9. The van der Waals surface area contributed by atoms with E-state index in [2.05, 4.69) is 10.6 Å². The van der Waals surface area contributed by atoms with Gasteiger partial charge in [0.15, 0.2) is 0 Å². The van der Waals surface area contributed by atoms with Gasteiger partial charge >= 0.3 is 7.60 Å². The number of nitrogens with one attached hydrogen (secondary N) is 2. The predicted molar refractivity (Wildman–Crippen MR) is 132 cm³/mol. The molecule has 1 saturated heterocycles. The lowest BCUT2D eigenvalue weighted by atomic mass is 9.90. The van der Waals surface area contributed by atoms with Gasteiger partial charge in [-0.1, -0.05) is 39.2 Å². The summed E-state index contributed by atoms with van der Waals surface area (Å²) in [5.74, 6) is -1.40. The fourth-order valence-corrected chi connectivity index (χ4v) is 5.22. The van der Waals surface area contributed by atoms with Gasteiger partial charge in [-0.3, -0.25) is 24.2 Å². The van der Waals surface area contributed by atoms with Crippen molar-refractivity contribution < 1.29 is 38.7 Å². The van der Waals surface area contributed by atoms with E-state index in [1.807, 2.05) is 6.92 Å². The quantitative estimate of drug-likeness (QED) is 0.0612. The Morgan fingerprint density at radius 3 is 2.53 bits per heavy atom. The second-order valence-corrected chi connectivity index (χ2v) is 10.8. The molecule has 0 bridgehead atoms. The summed E-state index contributed by atoms with van der Waals surface area (Å²) >= 11 is 0. The van der Waals surface area contributed by atoms with Crippen molar-refractivity contribution in [2.75, 3.05) is 6.67 Å². The number of unbranched alkanes of at least 4 members (excludes halogenated alkanes) is 2. The van der Waals surface area contributed by atoms with Gasteiger partial charge in [0.1, 0.15) is 6.10 Å². The highest BCUT2D eigenvalue weighted by molar-refractivity contribution is 7.60. The highest BCUT2D eigenvalue weighted by Gasteiger charge is 2.33. The molecule has 11 nitrogen and oxygen atoms in total. The number of benzene rings is 1. The number of carbonyl (C=O) groups is 3. The number of amides is 3. The van der Waals surface area contributed by atoms with Gasteiger partial charge in [0.25, 0.3) is 5.91 Å². The van der Waals surface area contributed by atoms with Crippen molar-refractivity contribution in [1.82, 2.24) is 15.7 Å². The standard InChI is InChI=1S/C24H38N3O8P/c1-4-6-7-8-19(20(5-2)27(31)15-28)23(29)25-14-26-24(30)22-10-9-21(35-22)17-11-16(3)12-18(13-17)36(32,33)34/h11-13,15,19-22,31H,4-10,14H2,1-3H3,(H,25,29)(H,26,30)(H2,32,33,34)/t19-,20-,21?,22?/m1/s1. The second-order valence-electron chi connectivity index (χ2n) is 9.16. The van der Waals surface area contributed by atoms with Crippen molar-refractivity contribution in [3.05, 3.63) is 29.3 Å². The molecule has 1 heterocycles. The van der Waals surface area contributed by atoms with Gasteiger partial charge in [-0.2, -0.15) is 0 Å². The van der Waals surface area contributed by atoms with Crippen LogP contribution in [0.25, 0.3) is 0 Å². The lowest BCUT2D eigenvalue weighted by molar-refractivity contribution is -0.168. The molecule has 0 spiro atoms. The molecule has 0 saturated carbocycles. The molecule has 1 aliphatic heterocycles. The molecule has 1 fully saturated rings. The summed E-state index contributed by atoms with van der Waals surface area (Å²) in [6, 6.07) is 3.94. The molecule has 0 aromatic heterocycles. The summed E-state index contributed by atoms with van der Waals surface area (Å²) in [5.41, 5.74) is 1.28. The van der Waals surface area contributed by atoms with Gasteiger partial charge in [0.05, 0.1) is 30.0 Å². The van der Waals surface area contributed by atoms with Gasteiger partial charge in [-0.25, -0.2) is 5.06 Å². The summed E-state index contributed by atoms with van der Waals surface area (Å²) in [6.07, 6.45) is 3.51. The maximum absolute atomic E-state index is 12.8. The zero-order valence-electron chi connectivity index (χ0n) is 21.1. The van der Waals surface area contributed by atoms with Crippen LogP contribution in [0.15, 0.2) is 18.2 Å². The molecule has 1 aromatic carbocycles. The van der Waals surface area contributed by atoms with Crippen LogP contribution in [0, 0.1) is 12.8 Å². The van der Waals surface area contributed by atoms with E-state index in [1.165, 1.54) is 12.1 Å². The lowest BCUT2D eigenvalue weighted by Crippen LogP contribution is -2.48. The summed E-state index contributed by atoms with van der Waals surface area (Å²) in [4.78, 5) is 55.5. The van der Waals surface area contributed by atoms with Crippen LogP contribution in [0.5, 0.6) is 0 Å². The summed E-state index contributed by atoms with van der Waals surface area (Å²) < 4.78 is 17.5. The van der Waals surface area contributed by atoms with Crippen molar-refractivity contribution >= 4 is 31.1 Å². The zero-order valence-corrected chi connectivity index (χ0v) is 21.9. The Hall–Kier alpha value is -2.30. The molecule has 1 aliphatic rings. The molecule has 2 rings (SSSR count). The van der Waals surface area contributed by atoms with Crippen molar-refractivity contribution in [3.8, 4) is 0 Å². The largest absolute Gasteiger partial charge is 0.360 e. The van der Waals surface area contributed by atoms with Crippen LogP contribution in [0.3, 0.4) is 0 Å². The monoisotopic (exact) mass is 527 g/mol. The SMILES string of the molecule is CCCCC[C@@H](C(=O)NCNC(=O)C1CCC(c2cc(C)cc(P(=O)(O)O)c2)O1)[C@@H](CC)N(O)C=O. The minimum Gasteiger partial charge on any atom is -0.360 e. The Morgan fingerprint density at radius 2 is 1.92 bits per heavy atom. The average Bonchev–Trinajstić information content (AvgIpc) is 3.33. The first-order chi connectivity index (χ1) is 17.0. The van der Waals surface area contributed by atoms with Crippen LogP contribution in [0.4, 0.5) is 0 Å². The van der Waals surface area contributed by atoms with Crippen LogP contribution in [0.1, 0.15) is 76.0 Å². The summed E-state index contributed by atoms with van der Waals surface area (Å²) in [5, 5.41) is 15.6. The first-order valence-electron chi connectivity index (χ1n) is 12.3. The Kier molecular flexibility index (Phi) is 11.5. The molecule has 5 N–H and O–H groups in total. The van der Waals surface area contributed by atoms with E-state index in [9.17, 15) is 33.9 Å². The number of nitrogens with zero attached hydrogens (tertiary/aromatic N) is 1. The smallest absolute Gasteiger partial charge is 0.356 e. The van der Waals surface area contributed by atoms with Crippen LogP contribution >= 0.6 is 7.60 Å². The number of carbonyl (C=O) groups excluding carboxylic acids is 3. The van der Waals surface area contributed by atoms with Gasteiger partial charge in [-0.15, -0.1) is 0 Å². The van der Waals surface area contributed by atoms with Crippen molar-refractivity contribution in [1.29, 1.82) is 0 Å². The van der Waals surface area contributed by atoms with Crippen LogP contribution in [-0.4, -0.2) is 57.1 Å². The average molecular weight is 528 g/mol. The molecular weight excluding hydrogens is 489 g/mol. The Labute approximate surface area is 211 Å². The van der Waals surface area contributed by atoms with Crippen molar-refractivity contribution in [3.63, 3.8) is 0 Å². The van der Waals surface area contributed by atoms with Gasteiger partial charge in [0, 0.05) is 0 Å². The molecule has 0 aliphatic carbocycles. The van der Waals surface area contributed by atoms with E-state index >= 15 is 0 Å². The fraction of sp³-hybridized carbons (Fsp3) is 0.625. The van der Waals surface area contributed by atoms with E-state index in [4.69, 9.17) is 4.74 Å². The van der Waals surface area contributed by atoms with E-state index in [-0.39, 0.29) is 17.9 Å². The van der Waals surface area contributed by atoms with Crippen LogP contribution < -0.4 is 15.9 Å². The first-order valence-corrected chi connectivity index (χ1v) is 13.9. The minimum atomic E-state index is -4.42. The number of ether oxygens (including phenoxy) is 1. The molecule has 0 radical (unpaired) electrons. The second kappa shape index (κ2) is 13.9. The van der Waals surface area contributed by atoms with E-state index in [0.29, 0.717) is 48.3 Å². The van der Waals surface area contributed by atoms with Crippen LogP contribution in [-0.2, 0) is 23.7 Å². The highest BCUT2D eigenvalue weighted by atomic mass is 31.2. The lowest BCUT2D eigenvalue weighted by Gasteiger charge is -2.29. The third-order valence-electron chi connectivity index (χ3n) is 6.42. The maximum Gasteiger partial charge on any atom is 0.356 e. The normalized spacial score (nSPS) is 19.4. The Balaban J connectivity index is 1.94. The molecular formula is C24H38N3O8P. The minimum absolute atomic E-state index is 0.0911. The maximum atomic E-state index is 12.8. The third-order valence-corrected chi connectivity index (χ3v) is 7.35. The van der Waals surface area contributed by atoms with E-state index in [1.54, 1.807) is 19.9 Å². The number of hydrogen-bond acceptors (Lipinski definition) is 6. The van der Waals surface area contributed by atoms with Crippen LogP contribution in [0.2, 0.25) is 0 Å². The van der Waals surface area contributed by atoms with Gasteiger partial charge in [-0.05, 0) is 55.9 Å². The van der Waals surface area contributed by atoms with E-state index < -0.39 is 37.7 Å². The third kappa shape index (κ3) is 8.38. The molecule has 12 heteroatoms. The van der Waals surface area contributed by atoms with Crippen molar-refractivity contribution in [2.24, 2.45) is 5.92 Å². The summed E-state index contributed by atoms with van der Waals surface area (Å²) in [6.45, 7) is 5.41. The number of rotatable bonds is 14. The van der Waals surface area contributed by atoms with Crippen molar-refractivity contribution in [2.45, 2.75) is 84.0 Å². The fourth-order valence-electron chi connectivity index (χ4n) is 4.53. The summed E-state index contributed by atoms with van der Waals surface area (Å²) in [7, 11) is -4.42. The number of hydrogen-bond donors (Lipinski definition) is 5. The predicted octanol–water partition coefficient (Wildman–Crippen LogP) is 2.03. The Morgan fingerprint density at radius 1 is 1.19 bits per heavy atom. The molecule has 4 atom stereocenters. The van der Waals surface area contributed by atoms with E-state index in [0.717, 1.165) is 19.3 Å². The molecule has 3 amide bonds. The number of aryl methyl sites for hydroxylation is 1. The molecule has 1 aromatic rings. The zero-order chi connectivity index (χ0) is 26.9. The Bertz CT molecular complexity index is 953. The number of hydroxylamine groups is 2. The highest BCUT2D eigenvalue weighted by Crippen LogP contribution is 2.37. The molecule has 202 valence electrons.